The maximum absolute atomic E-state index is 5.87. The number of anilines is 1. The normalized spacial score (nSPS) is 10.9. The summed E-state index contributed by atoms with van der Waals surface area (Å²) in [6.45, 7) is 0. The van der Waals surface area contributed by atoms with E-state index >= 15 is 0 Å². The molecule has 0 bridgehead atoms. The third-order valence-electron chi connectivity index (χ3n) is 2.35. The highest BCUT2D eigenvalue weighted by Crippen LogP contribution is 2.23. The van der Waals surface area contributed by atoms with Crippen LogP contribution in [-0.2, 0) is 0 Å². The number of fused-ring (bicyclic) bond motifs is 1. The smallest absolute Gasteiger partial charge is 0.111 e. The lowest BCUT2D eigenvalue weighted by atomic mass is 10.3. The number of nitrogens with one attached hydrogen (secondary N) is 1. The zero-order valence-corrected chi connectivity index (χ0v) is 7.88. The quantitative estimate of drug-likeness (QED) is 0.621. The van der Waals surface area contributed by atoms with Gasteiger partial charge in [-0.2, -0.15) is 5.10 Å². The lowest BCUT2D eigenvalue weighted by Gasteiger charge is -1.98. The molecule has 0 aliphatic carbocycles. The summed E-state index contributed by atoms with van der Waals surface area (Å²) in [4.78, 5) is 4.23. The standard InChI is InChI=1S/C10H9N5/c11-8-6-15(7-4-13-14-5-7)9-2-1-3-12-10(8)9/h1-6H,11H2,(H,13,14). The van der Waals surface area contributed by atoms with E-state index in [9.17, 15) is 0 Å². The van der Waals surface area contributed by atoms with Gasteiger partial charge in [-0.15, -0.1) is 0 Å². The van der Waals surface area contributed by atoms with Crippen molar-refractivity contribution in [3.05, 3.63) is 36.9 Å². The van der Waals surface area contributed by atoms with E-state index in [-0.39, 0.29) is 0 Å². The molecule has 74 valence electrons. The maximum atomic E-state index is 5.87. The second kappa shape index (κ2) is 2.84. The molecular weight excluding hydrogens is 190 g/mol. The van der Waals surface area contributed by atoms with Crippen LogP contribution in [0.3, 0.4) is 0 Å². The van der Waals surface area contributed by atoms with Gasteiger partial charge in [0.1, 0.15) is 5.52 Å². The van der Waals surface area contributed by atoms with E-state index in [1.54, 1.807) is 12.4 Å². The third kappa shape index (κ3) is 1.10. The number of nitrogen functional groups attached to an aromatic ring is 1. The average molecular weight is 199 g/mol. The monoisotopic (exact) mass is 199 g/mol. The van der Waals surface area contributed by atoms with Crippen molar-refractivity contribution in [2.45, 2.75) is 0 Å². The van der Waals surface area contributed by atoms with Crippen molar-refractivity contribution in [2.75, 3.05) is 5.73 Å². The molecule has 0 aliphatic rings. The fraction of sp³-hybridized carbons (Fsp3) is 0. The third-order valence-corrected chi connectivity index (χ3v) is 2.35. The van der Waals surface area contributed by atoms with E-state index in [1.807, 2.05) is 29.1 Å². The van der Waals surface area contributed by atoms with Crippen molar-refractivity contribution in [2.24, 2.45) is 0 Å². The number of hydrogen-bond donors (Lipinski definition) is 2. The molecule has 0 saturated heterocycles. The van der Waals surface area contributed by atoms with E-state index in [0.29, 0.717) is 5.69 Å². The van der Waals surface area contributed by atoms with Crippen LogP contribution < -0.4 is 5.73 Å². The number of aromatic nitrogens is 4. The van der Waals surface area contributed by atoms with Crippen LogP contribution in [0, 0.1) is 0 Å². The molecular formula is C10H9N5. The van der Waals surface area contributed by atoms with Crippen LogP contribution in [0.4, 0.5) is 5.69 Å². The Balaban J connectivity index is 2.37. The van der Waals surface area contributed by atoms with Crippen molar-refractivity contribution in [3.63, 3.8) is 0 Å². The Kier molecular flexibility index (Phi) is 1.53. The largest absolute Gasteiger partial charge is 0.396 e. The number of aromatic amines is 1. The van der Waals surface area contributed by atoms with E-state index in [0.717, 1.165) is 16.7 Å². The number of nitrogens with zero attached hydrogens (tertiary/aromatic N) is 3. The molecule has 0 fully saturated rings. The minimum absolute atomic E-state index is 0.673. The molecule has 5 nitrogen and oxygen atoms in total. The lowest BCUT2D eigenvalue weighted by molar-refractivity contribution is 1.09. The van der Waals surface area contributed by atoms with Gasteiger partial charge in [-0.1, -0.05) is 0 Å². The highest BCUT2D eigenvalue weighted by atomic mass is 15.1. The maximum Gasteiger partial charge on any atom is 0.111 e. The fourth-order valence-electron chi connectivity index (χ4n) is 1.67. The lowest BCUT2D eigenvalue weighted by Crippen LogP contribution is -1.88. The first-order chi connectivity index (χ1) is 7.36. The van der Waals surface area contributed by atoms with Gasteiger partial charge in [0.05, 0.1) is 23.1 Å². The van der Waals surface area contributed by atoms with Crippen LogP contribution in [0.15, 0.2) is 36.9 Å². The van der Waals surface area contributed by atoms with Gasteiger partial charge in [-0.05, 0) is 12.1 Å². The summed E-state index contributed by atoms with van der Waals surface area (Å²) in [5.41, 5.74) is 9.29. The Morgan fingerprint density at radius 1 is 1.40 bits per heavy atom. The summed E-state index contributed by atoms with van der Waals surface area (Å²) in [5.74, 6) is 0. The Hall–Kier alpha value is -2.30. The molecule has 0 aromatic carbocycles. The molecule has 0 saturated carbocycles. The van der Waals surface area contributed by atoms with E-state index in [2.05, 4.69) is 15.2 Å². The number of hydrogen-bond acceptors (Lipinski definition) is 3. The second-order valence-corrected chi connectivity index (χ2v) is 3.28. The van der Waals surface area contributed by atoms with E-state index in [1.165, 1.54) is 0 Å². The Morgan fingerprint density at radius 3 is 3.13 bits per heavy atom. The summed E-state index contributed by atoms with van der Waals surface area (Å²) in [6, 6.07) is 3.87. The summed E-state index contributed by atoms with van der Waals surface area (Å²) < 4.78 is 1.96. The average Bonchev–Trinajstić information content (AvgIpc) is 2.87. The predicted octanol–water partition coefficient (Wildman–Crippen LogP) is 1.33. The van der Waals surface area contributed by atoms with Crippen LogP contribution in [0.25, 0.3) is 16.7 Å². The van der Waals surface area contributed by atoms with Crippen molar-refractivity contribution in [3.8, 4) is 5.69 Å². The van der Waals surface area contributed by atoms with Crippen LogP contribution in [-0.4, -0.2) is 19.7 Å². The highest BCUT2D eigenvalue weighted by molar-refractivity contribution is 5.89. The molecule has 5 heteroatoms. The van der Waals surface area contributed by atoms with Crippen LogP contribution >= 0.6 is 0 Å². The van der Waals surface area contributed by atoms with Gasteiger partial charge in [0, 0.05) is 18.6 Å². The Morgan fingerprint density at radius 2 is 2.33 bits per heavy atom. The first-order valence-corrected chi connectivity index (χ1v) is 4.57. The zero-order valence-electron chi connectivity index (χ0n) is 7.88. The molecule has 0 amide bonds. The van der Waals surface area contributed by atoms with Crippen LogP contribution in [0.2, 0.25) is 0 Å². The molecule has 3 N–H and O–H groups in total. The minimum Gasteiger partial charge on any atom is -0.396 e. The molecule has 15 heavy (non-hydrogen) atoms. The number of H-pyrrole nitrogens is 1. The van der Waals surface area contributed by atoms with Crippen molar-refractivity contribution in [1.82, 2.24) is 19.7 Å². The summed E-state index contributed by atoms with van der Waals surface area (Å²) >= 11 is 0. The van der Waals surface area contributed by atoms with Crippen molar-refractivity contribution >= 4 is 16.7 Å². The SMILES string of the molecule is Nc1cn(-c2cn[nH]c2)c2cccnc12. The molecule has 0 atom stereocenters. The van der Waals surface area contributed by atoms with Gasteiger partial charge in [-0.3, -0.25) is 10.1 Å². The molecule has 0 aliphatic heterocycles. The van der Waals surface area contributed by atoms with Gasteiger partial charge in [0.25, 0.3) is 0 Å². The first-order valence-electron chi connectivity index (χ1n) is 4.57. The molecule has 0 unspecified atom stereocenters. The molecule has 3 aromatic rings. The number of nitrogens with two attached hydrogens (primary N) is 1. The molecule has 3 heterocycles. The van der Waals surface area contributed by atoms with Gasteiger partial charge >= 0.3 is 0 Å². The second-order valence-electron chi connectivity index (χ2n) is 3.28. The zero-order chi connectivity index (χ0) is 10.3. The van der Waals surface area contributed by atoms with Crippen molar-refractivity contribution < 1.29 is 0 Å². The van der Waals surface area contributed by atoms with E-state index in [4.69, 9.17) is 5.73 Å². The number of pyridine rings is 1. The summed E-state index contributed by atoms with van der Waals surface area (Å²) in [5, 5.41) is 6.68. The Labute approximate surface area is 85.5 Å². The molecule has 3 rings (SSSR count). The van der Waals surface area contributed by atoms with Crippen LogP contribution in [0.5, 0.6) is 0 Å². The van der Waals surface area contributed by atoms with E-state index < -0.39 is 0 Å². The van der Waals surface area contributed by atoms with Gasteiger partial charge in [0.2, 0.25) is 0 Å². The highest BCUT2D eigenvalue weighted by Gasteiger charge is 2.08. The minimum atomic E-state index is 0.673. The predicted molar refractivity (Wildman–Crippen MR) is 57.6 cm³/mol. The Bertz CT molecular complexity index is 593. The van der Waals surface area contributed by atoms with Crippen molar-refractivity contribution in [1.29, 1.82) is 0 Å². The molecule has 3 aromatic heterocycles. The topological polar surface area (TPSA) is 72.5 Å². The molecule has 0 spiro atoms. The van der Waals surface area contributed by atoms with Gasteiger partial charge < -0.3 is 10.3 Å². The molecule has 0 radical (unpaired) electrons. The summed E-state index contributed by atoms with van der Waals surface area (Å²) in [6.07, 6.45) is 7.14. The number of rotatable bonds is 1. The first kappa shape index (κ1) is 8.05. The van der Waals surface area contributed by atoms with Gasteiger partial charge in [-0.25, -0.2) is 0 Å². The summed E-state index contributed by atoms with van der Waals surface area (Å²) in [7, 11) is 0. The van der Waals surface area contributed by atoms with Crippen LogP contribution in [0.1, 0.15) is 0 Å². The fourth-order valence-corrected chi connectivity index (χ4v) is 1.67. The van der Waals surface area contributed by atoms with Gasteiger partial charge in [0.15, 0.2) is 0 Å².